The van der Waals surface area contributed by atoms with E-state index in [1.807, 2.05) is 6.92 Å². The first kappa shape index (κ1) is 12.9. The maximum Gasteiger partial charge on any atom is 0.307 e. The predicted molar refractivity (Wildman–Crippen MR) is 74.7 cm³/mol. The quantitative estimate of drug-likeness (QED) is 0.876. The van der Waals surface area contributed by atoms with E-state index >= 15 is 0 Å². The van der Waals surface area contributed by atoms with Crippen molar-refractivity contribution >= 4 is 28.5 Å². The second kappa shape index (κ2) is 4.99. The van der Waals surface area contributed by atoms with Crippen molar-refractivity contribution in [2.75, 3.05) is 0 Å². The SMILES string of the molecule is Cc1csc(=O)n1Cc1cc(C(N)=S)ccc1F. The molecule has 0 fully saturated rings. The molecule has 0 atom stereocenters. The average molecular weight is 282 g/mol. The topological polar surface area (TPSA) is 48.0 Å². The fourth-order valence-corrected chi connectivity index (χ4v) is 2.48. The summed E-state index contributed by atoms with van der Waals surface area (Å²) in [6.07, 6.45) is 0. The molecule has 0 saturated carbocycles. The minimum atomic E-state index is -0.368. The van der Waals surface area contributed by atoms with Crippen LogP contribution in [0.25, 0.3) is 0 Å². The molecular weight excluding hydrogens is 271 g/mol. The Balaban J connectivity index is 2.43. The Kier molecular flexibility index (Phi) is 3.58. The number of aryl methyl sites for hydroxylation is 1. The largest absolute Gasteiger partial charge is 0.389 e. The van der Waals surface area contributed by atoms with Crippen LogP contribution in [-0.4, -0.2) is 9.56 Å². The van der Waals surface area contributed by atoms with Gasteiger partial charge < -0.3 is 5.73 Å². The summed E-state index contributed by atoms with van der Waals surface area (Å²) in [6.45, 7) is 2.00. The maximum atomic E-state index is 13.7. The summed E-state index contributed by atoms with van der Waals surface area (Å²) in [5.41, 5.74) is 7.32. The monoisotopic (exact) mass is 282 g/mol. The molecule has 0 radical (unpaired) electrons. The van der Waals surface area contributed by atoms with Crippen molar-refractivity contribution in [3.05, 3.63) is 55.9 Å². The van der Waals surface area contributed by atoms with Crippen molar-refractivity contribution in [2.24, 2.45) is 5.73 Å². The van der Waals surface area contributed by atoms with Crippen molar-refractivity contribution in [2.45, 2.75) is 13.5 Å². The maximum absolute atomic E-state index is 13.7. The molecule has 1 aromatic heterocycles. The van der Waals surface area contributed by atoms with Gasteiger partial charge in [-0.3, -0.25) is 9.36 Å². The molecule has 1 aromatic carbocycles. The minimum absolute atomic E-state index is 0.104. The zero-order valence-electron chi connectivity index (χ0n) is 9.64. The fraction of sp³-hybridized carbons (Fsp3) is 0.167. The predicted octanol–water partition coefficient (Wildman–Crippen LogP) is 2.04. The Morgan fingerprint density at radius 3 is 2.83 bits per heavy atom. The summed E-state index contributed by atoms with van der Waals surface area (Å²) < 4.78 is 15.2. The van der Waals surface area contributed by atoms with Crippen molar-refractivity contribution in [3.63, 3.8) is 0 Å². The smallest absolute Gasteiger partial charge is 0.307 e. The first-order chi connectivity index (χ1) is 8.49. The van der Waals surface area contributed by atoms with Gasteiger partial charge in [0.25, 0.3) is 0 Å². The molecule has 6 heteroatoms. The highest BCUT2D eigenvalue weighted by Crippen LogP contribution is 2.13. The molecule has 0 bridgehead atoms. The Bertz CT molecular complexity index is 660. The minimum Gasteiger partial charge on any atom is -0.389 e. The zero-order valence-corrected chi connectivity index (χ0v) is 11.3. The van der Waals surface area contributed by atoms with Gasteiger partial charge >= 0.3 is 4.87 Å². The van der Waals surface area contributed by atoms with E-state index in [-0.39, 0.29) is 22.2 Å². The lowest BCUT2D eigenvalue weighted by Gasteiger charge is -2.08. The standard InChI is InChI=1S/C12H11FN2OS2/c1-7-6-18-12(16)15(7)5-9-4-8(11(14)17)2-3-10(9)13/h2-4,6H,5H2,1H3,(H2,14,17). The Morgan fingerprint density at radius 2 is 2.28 bits per heavy atom. The second-order valence-electron chi connectivity index (χ2n) is 3.90. The van der Waals surface area contributed by atoms with Gasteiger partial charge in [0.2, 0.25) is 0 Å². The van der Waals surface area contributed by atoms with Gasteiger partial charge in [-0.05, 0) is 25.1 Å². The van der Waals surface area contributed by atoms with E-state index < -0.39 is 0 Å². The highest BCUT2D eigenvalue weighted by atomic mass is 32.1. The Morgan fingerprint density at radius 1 is 1.56 bits per heavy atom. The fourth-order valence-electron chi connectivity index (χ4n) is 1.62. The van der Waals surface area contributed by atoms with Gasteiger partial charge in [-0.15, -0.1) is 0 Å². The highest BCUT2D eigenvalue weighted by Gasteiger charge is 2.09. The van der Waals surface area contributed by atoms with Crippen LogP contribution in [0.15, 0.2) is 28.4 Å². The molecule has 2 aromatic rings. The number of benzene rings is 1. The van der Waals surface area contributed by atoms with Crippen molar-refractivity contribution in [1.82, 2.24) is 4.57 Å². The lowest BCUT2D eigenvalue weighted by atomic mass is 10.1. The van der Waals surface area contributed by atoms with Crippen LogP contribution >= 0.6 is 23.6 Å². The first-order valence-corrected chi connectivity index (χ1v) is 6.51. The van der Waals surface area contributed by atoms with E-state index in [4.69, 9.17) is 18.0 Å². The van der Waals surface area contributed by atoms with Gasteiger partial charge in [-0.25, -0.2) is 4.39 Å². The van der Waals surface area contributed by atoms with Crippen LogP contribution in [0.2, 0.25) is 0 Å². The lowest BCUT2D eigenvalue weighted by Crippen LogP contribution is -2.17. The summed E-state index contributed by atoms with van der Waals surface area (Å²) in [6, 6.07) is 4.43. The number of aromatic nitrogens is 1. The van der Waals surface area contributed by atoms with E-state index in [9.17, 15) is 9.18 Å². The molecule has 0 aliphatic heterocycles. The molecule has 0 aliphatic rings. The summed E-state index contributed by atoms with van der Waals surface area (Å²) in [5.74, 6) is -0.368. The molecular formula is C12H11FN2OS2. The Labute approximate surface area is 113 Å². The normalized spacial score (nSPS) is 10.6. The van der Waals surface area contributed by atoms with Crippen LogP contribution in [0.4, 0.5) is 4.39 Å². The van der Waals surface area contributed by atoms with E-state index in [1.165, 1.54) is 16.7 Å². The number of thiazole rings is 1. The van der Waals surface area contributed by atoms with Crippen molar-refractivity contribution < 1.29 is 4.39 Å². The van der Waals surface area contributed by atoms with Crippen LogP contribution in [0.5, 0.6) is 0 Å². The molecule has 3 nitrogen and oxygen atoms in total. The molecule has 0 unspecified atom stereocenters. The lowest BCUT2D eigenvalue weighted by molar-refractivity contribution is 0.595. The van der Waals surface area contributed by atoms with Crippen LogP contribution < -0.4 is 10.6 Å². The number of rotatable bonds is 3. The van der Waals surface area contributed by atoms with Gasteiger partial charge in [-0.1, -0.05) is 23.6 Å². The van der Waals surface area contributed by atoms with Crippen LogP contribution in [0, 0.1) is 12.7 Å². The van der Waals surface area contributed by atoms with Crippen LogP contribution in [-0.2, 0) is 6.54 Å². The molecule has 0 aliphatic carbocycles. The Hall–Kier alpha value is -1.53. The molecule has 0 amide bonds. The van der Waals surface area contributed by atoms with Crippen LogP contribution in [0.3, 0.4) is 0 Å². The van der Waals surface area contributed by atoms with Gasteiger partial charge in [0.05, 0.1) is 6.54 Å². The number of halogens is 1. The summed E-state index contributed by atoms with van der Waals surface area (Å²) in [7, 11) is 0. The van der Waals surface area contributed by atoms with Gasteiger partial charge in [0.1, 0.15) is 10.8 Å². The molecule has 94 valence electrons. The summed E-state index contributed by atoms with van der Waals surface area (Å²) in [5, 5.41) is 1.75. The van der Waals surface area contributed by atoms with E-state index in [0.29, 0.717) is 11.1 Å². The molecule has 1 heterocycles. The number of hydrogen-bond acceptors (Lipinski definition) is 3. The van der Waals surface area contributed by atoms with Crippen LogP contribution in [0.1, 0.15) is 16.8 Å². The third kappa shape index (κ3) is 2.49. The molecule has 0 saturated heterocycles. The van der Waals surface area contributed by atoms with Crippen molar-refractivity contribution in [1.29, 1.82) is 0 Å². The molecule has 2 N–H and O–H groups in total. The third-order valence-corrected chi connectivity index (χ3v) is 3.75. The molecule has 0 spiro atoms. The average Bonchev–Trinajstić information content (AvgIpc) is 2.63. The summed E-state index contributed by atoms with van der Waals surface area (Å²) in [4.78, 5) is 11.7. The van der Waals surface area contributed by atoms with E-state index in [0.717, 1.165) is 17.0 Å². The van der Waals surface area contributed by atoms with Gasteiger partial charge in [-0.2, -0.15) is 0 Å². The number of hydrogen-bond donors (Lipinski definition) is 1. The van der Waals surface area contributed by atoms with Crippen molar-refractivity contribution in [3.8, 4) is 0 Å². The second-order valence-corrected chi connectivity index (χ2v) is 5.16. The number of thiocarbonyl (C=S) groups is 1. The first-order valence-electron chi connectivity index (χ1n) is 5.22. The zero-order chi connectivity index (χ0) is 13.3. The molecule has 2 rings (SSSR count). The van der Waals surface area contributed by atoms with Gasteiger partial charge in [0.15, 0.2) is 0 Å². The van der Waals surface area contributed by atoms with Gasteiger partial charge in [0, 0.05) is 22.2 Å². The number of nitrogens with zero attached hydrogens (tertiary/aromatic N) is 1. The highest BCUT2D eigenvalue weighted by molar-refractivity contribution is 7.80. The van der Waals surface area contributed by atoms with E-state index in [1.54, 1.807) is 11.4 Å². The molecule has 18 heavy (non-hydrogen) atoms. The number of nitrogens with two attached hydrogens (primary N) is 1. The summed E-state index contributed by atoms with van der Waals surface area (Å²) >= 11 is 5.95. The third-order valence-electron chi connectivity index (χ3n) is 2.64. The van der Waals surface area contributed by atoms with E-state index in [2.05, 4.69) is 0 Å².